The number of carbonyl (C=O) groups is 1. The van der Waals surface area contributed by atoms with Crippen molar-refractivity contribution in [2.24, 2.45) is 4.99 Å². The summed E-state index contributed by atoms with van der Waals surface area (Å²) in [7, 11) is 3.04. The Morgan fingerprint density at radius 3 is 2.57 bits per heavy atom. The number of hydrogen-bond donors (Lipinski definition) is 1. The Morgan fingerprint density at radius 1 is 1.17 bits per heavy atom. The van der Waals surface area contributed by atoms with E-state index in [1.54, 1.807) is 25.5 Å². The largest absolute Gasteiger partial charge is 0.497 e. The molecule has 3 aromatic rings. The first kappa shape index (κ1) is 24.2. The van der Waals surface area contributed by atoms with Gasteiger partial charge in [-0.2, -0.15) is 0 Å². The van der Waals surface area contributed by atoms with Crippen molar-refractivity contribution in [1.82, 2.24) is 9.97 Å². The highest BCUT2D eigenvalue weighted by Gasteiger charge is 2.22. The first-order valence-corrected chi connectivity index (χ1v) is 11.7. The molecule has 1 saturated heterocycles. The molecular formula is C27H31N5O3. The van der Waals surface area contributed by atoms with Gasteiger partial charge in [0.1, 0.15) is 11.4 Å². The maximum absolute atomic E-state index is 11.8. The second kappa shape index (κ2) is 10.5. The first-order valence-electron chi connectivity index (χ1n) is 11.7. The predicted octanol–water partition coefficient (Wildman–Crippen LogP) is 5.70. The van der Waals surface area contributed by atoms with Crippen molar-refractivity contribution in [3.8, 4) is 17.1 Å². The number of anilines is 3. The minimum absolute atomic E-state index is 0.384. The van der Waals surface area contributed by atoms with Gasteiger partial charge < -0.3 is 19.7 Å². The van der Waals surface area contributed by atoms with Crippen molar-refractivity contribution in [3.63, 3.8) is 0 Å². The molecule has 0 aliphatic carbocycles. The third kappa shape index (κ3) is 5.26. The van der Waals surface area contributed by atoms with Crippen LogP contribution in [0.4, 0.5) is 22.9 Å². The molecule has 1 aliphatic rings. The number of hydrogen-bond acceptors (Lipinski definition) is 8. The summed E-state index contributed by atoms with van der Waals surface area (Å²) in [4.78, 5) is 28.2. The predicted molar refractivity (Wildman–Crippen MR) is 140 cm³/mol. The summed E-state index contributed by atoms with van der Waals surface area (Å²) in [6, 6.07) is 13.6. The van der Waals surface area contributed by atoms with Crippen LogP contribution in [0, 0.1) is 6.92 Å². The Balaban J connectivity index is 1.73. The van der Waals surface area contributed by atoms with Crippen LogP contribution in [-0.2, 0) is 4.74 Å². The molecule has 2 heterocycles. The van der Waals surface area contributed by atoms with E-state index in [4.69, 9.17) is 14.5 Å². The number of nitrogens with one attached hydrogen (secondary N) is 1. The van der Waals surface area contributed by atoms with E-state index in [9.17, 15) is 4.79 Å². The monoisotopic (exact) mass is 473 g/mol. The van der Waals surface area contributed by atoms with Crippen LogP contribution >= 0.6 is 0 Å². The SMILES string of the molecule is CC=Nc1c(C)nc(-c2ccc(C(=O)OC)cc2)nc1Nc1cc(OC)cc(N2CCCC2C)c1. The quantitative estimate of drug-likeness (QED) is 0.348. The lowest BCUT2D eigenvalue weighted by atomic mass is 10.1. The zero-order valence-electron chi connectivity index (χ0n) is 20.8. The Kier molecular flexibility index (Phi) is 7.29. The molecule has 0 spiro atoms. The number of aryl methyl sites for hydroxylation is 1. The summed E-state index contributed by atoms with van der Waals surface area (Å²) in [5, 5.41) is 3.45. The highest BCUT2D eigenvalue weighted by Crippen LogP contribution is 2.36. The lowest BCUT2D eigenvalue weighted by Gasteiger charge is -2.25. The molecule has 2 aromatic carbocycles. The standard InChI is InChI=1S/C27H31N5O3/c1-6-28-24-18(3)29-25(19-9-11-20(12-10-19)27(33)35-5)31-26(24)30-21-14-22(16-23(15-21)34-4)32-13-7-8-17(32)2/h6,9-12,14-17H,7-8,13H2,1-5H3,(H,29,30,31). The van der Waals surface area contributed by atoms with Gasteiger partial charge in [0.15, 0.2) is 11.6 Å². The number of benzene rings is 2. The molecule has 0 amide bonds. The van der Waals surface area contributed by atoms with Gasteiger partial charge in [-0.1, -0.05) is 12.1 Å². The van der Waals surface area contributed by atoms with Crippen LogP contribution in [0.2, 0.25) is 0 Å². The summed E-state index contributed by atoms with van der Waals surface area (Å²) >= 11 is 0. The van der Waals surface area contributed by atoms with E-state index in [0.29, 0.717) is 28.9 Å². The Hall–Kier alpha value is -3.94. The zero-order chi connectivity index (χ0) is 24.9. The second-order valence-electron chi connectivity index (χ2n) is 8.52. The van der Waals surface area contributed by atoms with Crippen molar-refractivity contribution in [2.45, 2.75) is 39.7 Å². The molecule has 8 heteroatoms. The summed E-state index contributed by atoms with van der Waals surface area (Å²) < 4.78 is 10.4. The fourth-order valence-electron chi connectivity index (χ4n) is 4.33. The molecule has 1 unspecified atom stereocenters. The second-order valence-corrected chi connectivity index (χ2v) is 8.52. The minimum atomic E-state index is -0.384. The Morgan fingerprint density at radius 2 is 1.94 bits per heavy atom. The van der Waals surface area contributed by atoms with Crippen LogP contribution in [-0.4, -0.2) is 49.0 Å². The van der Waals surface area contributed by atoms with Gasteiger partial charge in [-0.25, -0.2) is 14.8 Å². The molecule has 4 rings (SSSR count). The van der Waals surface area contributed by atoms with E-state index in [0.717, 1.165) is 34.9 Å². The van der Waals surface area contributed by atoms with Gasteiger partial charge in [0, 0.05) is 47.9 Å². The summed E-state index contributed by atoms with van der Waals surface area (Å²) in [5.41, 5.74) is 4.63. The molecular weight excluding hydrogens is 442 g/mol. The van der Waals surface area contributed by atoms with E-state index < -0.39 is 0 Å². The van der Waals surface area contributed by atoms with Gasteiger partial charge in [-0.15, -0.1) is 0 Å². The van der Waals surface area contributed by atoms with Gasteiger partial charge in [0.05, 0.1) is 25.5 Å². The number of esters is 1. The molecule has 1 aromatic heterocycles. The Labute approximate surface area is 206 Å². The van der Waals surface area contributed by atoms with Crippen molar-refractivity contribution in [1.29, 1.82) is 0 Å². The zero-order valence-corrected chi connectivity index (χ0v) is 20.8. The van der Waals surface area contributed by atoms with Crippen LogP contribution in [0.1, 0.15) is 42.7 Å². The van der Waals surface area contributed by atoms with E-state index >= 15 is 0 Å². The van der Waals surface area contributed by atoms with Crippen LogP contribution in [0.25, 0.3) is 11.4 Å². The molecule has 1 N–H and O–H groups in total. The fraction of sp³-hybridized carbons (Fsp3) is 0.333. The highest BCUT2D eigenvalue weighted by molar-refractivity contribution is 5.90. The van der Waals surface area contributed by atoms with Crippen LogP contribution in [0.5, 0.6) is 5.75 Å². The van der Waals surface area contributed by atoms with Crippen molar-refractivity contribution in [3.05, 3.63) is 53.7 Å². The minimum Gasteiger partial charge on any atom is -0.497 e. The molecule has 0 bridgehead atoms. The first-order chi connectivity index (χ1) is 16.9. The number of rotatable bonds is 7. The number of aliphatic imine (C=N–C) groups is 1. The lowest BCUT2D eigenvalue weighted by molar-refractivity contribution is 0.0600. The number of aromatic nitrogens is 2. The average Bonchev–Trinajstić information content (AvgIpc) is 3.31. The van der Waals surface area contributed by atoms with E-state index in [1.165, 1.54) is 20.0 Å². The number of nitrogens with zero attached hydrogens (tertiary/aromatic N) is 4. The molecule has 35 heavy (non-hydrogen) atoms. The number of carbonyl (C=O) groups excluding carboxylic acids is 1. The third-order valence-corrected chi connectivity index (χ3v) is 6.16. The van der Waals surface area contributed by atoms with Gasteiger partial charge in [-0.05, 0) is 51.8 Å². The number of ether oxygens (including phenoxy) is 2. The smallest absolute Gasteiger partial charge is 0.337 e. The van der Waals surface area contributed by atoms with Crippen molar-refractivity contribution in [2.75, 3.05) is 31.0 Å². The maximum atomic E-state index is 11.8. The summed E-state index contributed by atoms with van der Waals surface area (Å²) in [6.07, 6.45) is 4.09. The van der Waals surface area contributed by atoms with Gasteiger partial charge in [0.25, 0.3) is 0 Å². The topological polar surface area (TPSA) is 88.9 Å². The molecule has 182 valence electrons. The molecule has 0 saturated carbocycles. The fourth-order valence-corrected chi connectivity index (χ4v) is 4.33. The summed E-state index contributed by atoms with van der Waals surface area (Å²) in [6.45, 7) is 7.04. The van der Waals surface area contributed by atoms with E-state index in [-0.39, 0.29) is 5.97 Å². The van der Waals surface area contributed by atoms with E-state index in [1.807, 2.05) is 32.0 Å². The highest BCUT2D eigenvalue weighted by atomic mass is 16.5. The van der Waals surface area contributed by atoms with Crippen molar-refractivity contribution >= 4 is 35.1 Å². The summed E-state index contributed by atoms with van der Waals surface area (Å²) in [5.74, 6) is 1.52. The Bertz CT molecular complexity index is 1240. The number of methoxy groups -OCH3 is 2. The van der Waals surface area contributed by atoms with Crippen LogP contribution in [0.3, 0.4) is 0 Å². The van der Waals surface area contributed by atoms with Crippen molar-refractivity contribution < 1.29 is 14.3 Å². The van der Waals surface area contributed by atoms with Gasteiger partial charge >= 0.3 is 5.97 Å². The molecule has 1 fully saturated rings. The van der Waals surface area contributed by atoms with Crippen LogP contribution in [0.15, 0.2) is 47.5 Å². The average molecular weight is 474 g/mol. The molecule has 1 atom stereocenters. The van der Waals surface area contributed by atoms with Gasteiger partial charge in [0.2, 0.25) is 0 Å². The molecule has 1 aliphatic heterocycles. The van der Waals surface area contributed by atoms with Crippen LogP contribution < -0.4 is 15.0 Å². The lowest BCUT2D eigenvalue weighted by Crippen LogP contribution is -2.26. The van der Waals surface area contributed by atoms with E-state index in [2.05, 4.69) is 39.2 Å². The molecule has 0 radical (unpaired) electrons. The third-order valence-electron chi connectivity index (χ3n) is 6.16. The van der Waals surface area contributed by atoms with Gasteiger partial charge in [-0.3, -0.25) is 4.99 Å². The maximum Gasteiger partial charge on any atom is 0.337 e. The normalized spacial score (nSPS) is 15.5. The molecule has 8 nitrogen and oxygen atoms in total.